The van der Waals surface area contributed by atoms with Gasteiger partial charge in [0.05, 0.1) is 0 Å². The molecule has 0 radical (unpaired) electrons. The summed E-state index contributed by atoms with van der Waals surface area (Å²) in [5.74, 6) is 0. The maximum atomic E-state index is 2.41. The van der Waals surface area contributed by atoms with Crippen molar-refractivity contribution in [2.24, 2.45) is 0 Å². The van der Waals surface area contributed by atoms with Crippen molar-refractivity contribution in [3.8, 4) is 11.1 Å². The van der Waals surface area contributed by atoms with Gasteiger partial charge in [0.2, 0.25) is 0 Å². The molecular formula is C23H32. The van der Waals surface area contributed by atoms with E-state index in [-0.39, 0.29) is 10.8 Å². The Labute approximate surface area is 143 Å². The zero-order valence-corrected chi connectivity index (χ0v) is 16.2. The number of rotatable bonds is 2. The molecule has 124 valence electrons. The van der Waals surface area contributed by atoms with Gasteiger partial charge in [-0.15, -0.1) is 0 Å². The second-order valence-electron chi connectivity index (χ2n) is 8.73. The maximum absolute atomic E-state index is 2.41. The van der Waals surface area contributed by atoms with Gasteiger partial charge in [-0.05, 0) is 57.6 Å². The third-order valence-corrected chi connectivity index (χ3v) is 4.65. The monoisotopic (exact) mass is 308 g/mol. The van der Waals surface area contributed by atoms with Gasteiger partial charge in [0, 0.05) is 0 Å². The molecule has 0 fully saturated rings. The van der Waals surface area contributed by atoms with Crippen LogP contribution in [0.2, 0.25) is 0 Å². The minimum absolute atomic E-state index is 0.137. The molecule has 0 aliphatic rings. The van der Waals surface area contributed by atoms with Crippen LogP contribution < -0.4 is 0 Å². The summed E-state index contributed by atoms with van der Waals surface area (Å²) in [6.45, 7) is 18.4. The Balaban J connectivity index is 2.83. The molecule has 23 heavy (non-hydrogen) atoms. The van der Waals surface area contributed by atoms with Crippen LogP contribution in [0.3, 0.4) is 0 Å². The fourth-order valence-electron chi connectivity index (χ4n) is 3.30. The molecule has 0 nitrogen and oxygen atoms in total. The molecule has 0 saturated heterocycles. The first-order chi connectivity index (χ1) is 10.6. The van der Waals surface area contributed by atoms with Crippen LogP contribution >= 0.6 is 0 Å². The van der Waals surface area contributed by atoms with Crippen LogP contribution in [-0.4, -0.2) is 0 Å². The third kappa shape index (κ3) is 3.68. The summed E-state index contributed by atoms with van der Waals surface area (Å²) in [5.41, 5.74) is 8.78. The summed E-state index contributed by atoms with van der Waals surface area (Å²) in [6, 6.07) is 13.8. The molecule has 0 aromatic heterocycles. The van der Waals surface area contributed by atoms with Gasteiger partial charge < -0.3 is 0 Å². The second-order valence-corrected chi connectivity index (χ2v) is 8.73. The zero-order chi connectivity index (χ0) is 17.4. The SMILES string of the molecule is CCc1ccc(-c2c(C)cccc2C(C)(C)C)c(C(C)(C)C)c1. The molecule has 0 aliphatic carbocycles. The van der Waals surface area contributed by atoms with Crippen LogP contribution in [-0.2, 0) is 17.3 Å². The van der Waals surface area contributed by atoms with E-state index in [9.17, 15) is 0 Å². The van der Waals surface area contributed by atoms with Gasteiger partial charge in [0.15, 0.2) is 0 Å². The van der Waals surface area contributed by atoms with E-state index in [0.29, 0.717) is 0 Å². The van der Waals surface area contributed by atoms with Crippen molar-refractivity contribution in [2.75, 3.05) is 0 Å². The van der Waals surface area contributed by atoms with E-state index < -0.39 is 0 Å². The lowest BCUT2D eigenvalue weighted by Gasteiger charge is -2.29. The van der Waals surface area contributed by atoms with Crippen molar-refractivity contribution in [3.63, 3.8) is 0 Å². The standard InChI is InChI=1S/C23H32/c1-9-17-13-14-18(20(15-17)23(6,7)8)21-16(2)11-10-12-19(21)22(3,4)5/h10-15H,9H2,1-8H3. The van der Waals surface area contributed by atoms with Gasteiger partial charge in [0.1, 0.15) is 0 Å². The van der Waals surface area contributed by atoms with Crippen molar-refractivity contribution in [3.05, 3.63) is 58.7 Å². The highest BCUT2D eigenvalue weighted by Crippen LogP contribution is 2.40. The molecular weight excluding hydrogens is 276 g/mol. The van der Waals surface area contributed by atoms with E-state index >= 15 is 0 Å². The van der Waals surface area contributed by atoms with Gasteiger partial charge in [-0.25, -0.2) is 0 Å². The first kappa shape index (κ1) is 17.8. The molecule has 0 N–H and O–H groups in total. The summed E-state index contributed by atoms with van der Waals surface area (Å²) in [7, 11) is 0. The molecule has 0 aliphatic heterocycles. The Hall–Kier alpha value is -1.56. The summed E-state index contributed by atoms with van der Waals surface area (Å²) >= 11 is 0. The third-order valence-electron chi connectivity index (χ3n) is 4.65. The molecule has 0 saturated carbocycles. The van der Waals surface area contributed by atoms with Crippen LogP contribution in [0.25, 0.3) is 11.1 Å². The second kappa shape index (κ2) is 6.15. The van der Waals surface area contributed by atoms with Crippen molar-refractivity contribution in [2.45, 2.75) is 72.6 Å². The van der Waals surface area contributed by atoms with E-state index in [4.69, 9.17) is 0 Å². The first-order valence-electron chi connectivity index (χ1n) is 8.79. The lowest BCUT2D eigenvalue weighted by Crippen LogP contribution is -2.17. The Bertz CT molecular complexity index is 691. The molecule has 2 aromatic carbocycles. The van der Waals surface area contributed by atoms with E-state index in [1.54, 1.807) is 0 Å². The van der Waals surface area contributed by atoms with Crippen LogP contribution in [0, 0.1) is 6.92 Å². The number of aryl methyl sites for hydroxylation is 2. The normalized spacial score (nSPS) is 12.5. The summed E-state index contributed by atoms with van der Waals surface area (Å²) in [4.78, 5) is 0. The topological polar surface area (TPSA) is 0 Å². The smallest absolute Gasteiger partial charge is 0.0114 e. The Morgan fingerprint density at radius 3 is 1.91 bits per heavy atom. The number of hydrogen-bond acceptors (Lipinski definition) is 0. The van der Waals surface area contributed by atoms with Crippen LogP contribution in [0.1, 0.15) is 70.7 Å². The fourth-order valence-corrected chi connectivity index (χ4v) is 3.30. The van der Waals surface area contributed by atoms with Crippen LogP contribution in [0.5, 0.6) is 0 Å². The molecule has 0 heteroatoms. The summed E-state index contributed by atoms with van der Waals surface area (Å²) < 4.78 is 0. The van der Waals surface area contributed by atoms with Gasteiger partial charge in [-0.2, -0.15) is 0 Å². The Kier molecular flexibility index (Phi) is 4.76. The van der Waals surface area contributed by atoms with Crippen molar-refractivity contribution < 1.29 is 0 Å². The van der Waals surface area contributed by atoms with Gasteiger partial charge in [-0.1, -0.05) is 84.9 Å². The van der Waals surface area contributed by atoms with Crippen molar-refractivity contribution in [1.82, 2.24) is 0 Å². The lowest BCUT2D eigenvalue weighted by molar-refractivity contribution is 0.584. The highest BCUT2D eigenvalue weighted by atomic mass is 14.3. The van der Waals surface area contributed by atoms with Crippen molar-refractivity contribution >= 4 is 0 Å². The van der Waals surface area contributed by atoms with Crippen LogP contribution in [0.4, 0.5) is 0 Å². The summed E-state index contributed by atoms with van der Waals surface area (Å²) in [5, 5.41) is 0. The average molecular weight is 309 g/mol. The molecule has 0 spiro atoms. The van der Waals surface area contributed by atoms with E-state index in [2.05, 4.69) is 91.8 Å². The quantitative estimate of drug-likeness (QED) is 0.571. The van der Waals surface area contributed by atoms with Gasteiger partial charge in [0.25, 0.3) is 0 Å². The minimum atomic E-state index is 0.137. The van der Waals surface area contributed by atoms with E-state index in [1.165, 1.54) is 33.4 Å². The lowest BCUT2D eigenvalue weighted by atomic mass is 9.75. The Morgan fingerprint density at radius 1 is 0.783 bits per heavy atom. The highest BCUT2D eigenvalue weighted by Gasteiger charge is 2.25. The zero-order valence-electron chi connectivity index (χ0n) is 16.2. The molecule has 0 bridgehead atoms. The molecule has 0 amide bonds. The molecule has 0 heterocycles. The number of benzene rings is 2. The molecule has 2 rings (SSSR count). The van der Waals surface area contributed by atoms with Gasteiger partial charge in [-0.3, -0.25) is 0 Å². The predicted octanol–water partition coefficient (Wildman–Crippen LogP) is 6.82. The first-order valence-corrected chi connectivity index (χ1v) is 8.79. The fraction of sp³-hybridized carbons (Fsp3) is 0.478. The Morgan fingerprint density at radius 2 is 1.39 bits per heavy atom. The van der Waals surface area contributed by atoms with Gasteiger partial charge >= 0.3 is 0 Å². The van der Waals surface area contributed by atoms with E-state index in [1.807, 2.05) is 0 Å². The predicted molar refractivity (Wildman–Crippen MR) is 103 cm³/mol. The molecule has 0 unspecified atom stereocenters. The molecule has 2 aromatic rings. The van der Waals surface area contributed by atoms with Crippen LogP contribution in [0.15, 0.2) is 36.4 Å². The highest BCUT2D eigenvalue weighted by molar-refractivity contribution is 5.76. The average Bonchev–Trinajstić information content (AvgIpc) is 2.44. The van der Waals surface area contributed by atoms with E-state index in [0.717, 1.165) is 6.42 Å². The maximum Gasteiger partial charge on any atom is -0.0114 e. The summed E-state index contributed by atoms with van der Waals surface area (Å²) in [6.07, 6.45) is 1.09. The molecule has 0 atom stereocenters. The minimum Gasteiger partial charge on any atom is -0.0617 e. The largest absolute Gasteiger partial charge is 0.0617 e. The van der Waals surface area contributed by atoms with Crippen molar-refractivity contribution in [1.29, 1.82) is 0 Å². The number of hydrogen-bond donors (Lipinski definition) is 0.